The fraction of sp³-hybridized carbons (Fsp3) is 0.917. The second-order valence-corrected chi connectivity index (χ2v) is 5.25. The molecule has 0 bridgehead atoms. The van der Waals surface area contributed by atoms with Gasteiger partial charge in [0.25, 0.3) is 0 Å². The van der Waals surface area contributed by atoms with Gasteiger partial charge in [0, 0.05) is 6.61 Å². The summed E-state index contributed by atoms with van der Waals surface area (Å²) < 4.78 is 7.56. The van der Waals surface area contributed by atoms with Gasteiger partial charge in [-0.05, 0) is 49.2 Å². The first-order valence-electron chi connectivity index (χ1n) is 7.01. The number of tetrazole rings is 1. The number of nitrogens with zero attached hydrogens (tertiary/aromatic N) is 5. The highest BCUT2D eigenvalue weighted by molar-refractivity contribution is 4.83. The summed E-state index contributed by atoms with van der Waals surface area (Å²) >= 11 is 0. The molecular formula is C12H21N5O. The average Bonchev–Trinajstić information content (AvgIpc) is 3.04. The monoisotopic (exact) mass is 251 g/mol. The smallest absolute Gasteiger partial charge is 0.165 e. The highest BCUT2D eigenvalue weighted by Crippen LogP contribution is 2.15. The van der Waals surface area contributed by atoms with Crippen LogP contribution in [-0.4, -0.2) is 50.9 Å². The van der Waals surface area contributed by atoms with Crippen LogP contribution in [0.1, 0.15) is 37.9 Å². The molecular weight excluding hydrogens is 230 g/mol. The zero-order chi connectivity index (χ0) is 12.2. The van der Waals surface area contributed by atoms with Crippen molar-refractivity contribution < 1.29 is 4.74 Å². The van der Waals surface area contributed by atoms with Crippen LogP contribution in [0, 0.1) is 0 Å². The van der Waals surface area contributed by atoms with Crippen LogP contribution in [0.4, 0.5) is 0 Å². The molecule has 0 aromatic carbocycles. The number of hydrogen-bond acceptors (Lipinski definition) is 5. The van der Waals surface area contributed by atoms with Gasteiger partial charge in [0.05, 0.1) is 19.2 Å². The van der Waals surface area contributed by atoms with Gasteiger partial charge in [-0.3, -0.25) is 4.90 Å². The number of ether oxygens (including phenoxy) is 1. The summed E-state index contributed by atoms with van der Waals surface area (Å²) in [5, 5.41) is 12.1. The summed E-state index contributed by atoms with van der Waals surface area (Å²) in [5.41, 5.74) is 0. The predicted molar refractivity (Wildman–Crippen MR) is 65.9 cm³/mol. The van der Waals surface area contributed by atoms with E-state index in [1.165, 1.54) is 32.4 Å². The van der Waals surface area contributed by atoms with E-state index in [0.29, 0.717) is 6.10 Å². The van der Waals surface area contributed by atoms with Crippen LogP contribution in [0.5, 0.6) is 0 Å². The Kier molecular flexibility index (Phi) is 3.85. The quantitative estimate of drug-likeness (QED) is 0.793. The second-order valence-electron chi connectivity index (χ2n) is 5.25. The van der Waals surface area contributed by atoms with E-state index < -0.39 is 0 Å². The molecule has 3 rings (SSSR count). The van der Waals surface area contributed by atoms with E-state index in [0.717, 1.165) is 38.4 Å². The van der Waals surface area contributed by atoms with Gasteiger partial charge in [-0.2, -0.15) is 0 Å². The molecule has 100 valence electrons. The summed E-state index contributed by atoms with van der Waals surface area (Å²) in [6.45, 7) is 4.91. The summed E-state index contributed by atoms with van der Waals surface area (Å²) in [6, 6.07) is 0. The van der Waals surface area contributed by atoms with Gasteiger partial charge in [-0.1, -0.05) is 6.42 Å². The number of likely N-dealkylation sites (tertiary alicyclic amines) is 1. The molecule has 0 N–H and O–H groups in total. The molecule has 2 fully saturated rings. The van der Waals surface area contributed by atoms with E-state index in [-0.39, 0.29) is 0 Å². The van der Waals surface area contributed by atoms with Crippen molar-refractivity contribution in [3.8, 4) is 0 Å². The molecule has 0 unspecified atom stereocenters. The molecule has 0 saturated carbocycles. The van der Waals surface area contributed by atoms with Crippen LogP contribution < -0.4 is 0 Å². The van der Waals surface area contributed by atoms with Crippen molar-refractivity contribution in [2.24, 2.45) is 0 Å². The molecule has 2 saturated heterocycles. The normalized spacial score (nSPS) is 25.7. The molecule has 1 atom stereocenters. The maximum Gasteiger partial charge on any atom is 0.165 e. The van der Waals surface area contributed by atoms with E-state index in [4.69, 9.17) is 4.74 Å². The van der Waals surface area contributed by atoms with Crippen LogP contribution in [-0.2, 0) is 17.8 Å². The molecule has 0 radical (unpaired) electrons. The molecule has 6 heteroatoms. The van der Waals surface area contributed by atoms with Crippen molar-refractivity contribution >= 4 is 0 Å². The third kappa shape index (κ3) is 2.87. The predicted octanol–water partition coefficient (Wildman–Crippen LogP) is 0.838. The molecule has 0 aliphatic carbocycles. The minimum Gasteiger partial charge on any atom is -0.376 e. The lowest BCUT2D eigenvalue weighted by Crippen LogP contribution is -2.31. The van der Waals surface area contributed by atoms with Gasteiger partial charge < -0.3 is 4.74 Å². The SMILES string of the molecule is C1CCN(Cc2nnnn2C[C@@H]2CCCO2)CC1. The van der Waals surface area contributed by atoms with Crippen molar-refractivity contribution in [2.45, 2.75) is 51.3 Å². The number of aromatic nitrogens is 4. The van der Waals surface area contributed by atoms with Gasteiger partial charge in [-0.15, -0.1) is 5.10 Å². The first-order valence-corrected chi connectivity index (χ1v) is 7.01. The van der Waals surface area contributed by atoms with Crippen LogP contribution in [0.3, 0.4) is 0 Å². The van der Waals surface area contributed by atoms with E-state index in [1.54, 1.807) is 0 Å². The molecule has 1 aromatic rings. The van der Waals surface area contributed by atoms with Crippen molar-refractivity contribution in [1.29, 1.82) is 0 Å². The lowest BCUT2D eigenvalue weighted by molar-refractivity contribution is 0.0914. The van der Waals surface area contributed by atoms with Crippen molar-refractivity contribution in [2.75, 3.05) is 19.7 Å². The summed E-state index contributed by atoms with van der Waals surface area (Å²) in [5.74, 6) is 0.979. The Morgan fingerprint density at radius 2 is 2.06 bits per heavy atom. The maximum atomic E-state index is 5.64. The minimum absolute atomic E-state index is 0.300. The Hall–Kier alpha value is -1.01. The van der Waals surface area contributed by atoms with E-state index in [1.807, 2.05) is 4.68 Å². The first-order chi connectivity index (χ1) is 8.92. The van der Waals surface area contributed by atoms with Crippen LogP contribution in [0.15, 0.2) is 0 Å². The van der Waals surface area contributed by atoms with Crippen molar-refractivity contribution in [3.05, 3.63) is 5.82 Å². The van der Waals surface area contributed by atoms with E-state index in [9.17, 15) is 0 Å². The molecule has 6 nitrogen and oxygen atoms in total. The highest BCUT2D eigenvalue weighted by atomic mass is 16.5. The summed E-state index contributed by atoms with van der Waals surface area (Å²) in [7, 11) is 0. The lowest BCUT2D eigenvalue weighted by Gasteiger charge is -2.25. The minimum atomic E-state index is 0.300. The van der Waals surface area contributed by atoms with Crippen molar-refractivity contribution in [1.82, 2.24) is 25.1 Å². The lowest BCUT2D eigenvalue weighted by atomic mass is 10.1. The Labute approximate surface area is 107 Å². The largest absolute Gasteiger partial charge is 0.376 e. The molecule has 2 aliphatic rings. The van der Waals surface area contributed by atoms with Crippen LogP contribution in [0.2, 0.25) is 0 Å². The van der Waals surface area contributed by atoms with E-state index >= 15 is 0 Å². The number of hydrogen-bond donors (Lipinski definition) is 0. The third-order valence-electron chi connectivity index (χ3n) is 3.82. The molecule has 18 heavy (non-hydrogen) atoms. The highest BCUT2D eigenvalue weighted by Gasteiger charge is 2.20. The fourth-order valence-electron chi connectivity index (χ4n) is 2.78. The van der Waals surface area contributed by atoms with Gasteiger partial charge >= 0.3 is 0 Å². The van der Waals surface area contributed by atoms with Gasteiger partial charge in [0.15, 0.2) is 5.82 Å². The van der Waals surface area contributed by atoms with Crippen LogP contribution >= 0.6 is 0 Å². The Balaban J connectivity index is 1.59. The number of rotatable bonds is 4. The van der Waals surface area contributed by atoms with E-state index in [2.05, 4.69) is 20.4 Å². The number of piperidine rings is 1. The summed E-state index contributed by atoms with van der Waals surface area (Å²) in [4.78, 5) is 2.45. The average molecular weight is 251 g/mol. The molecule has 0 spiro atoms. The Morgan fingerprint density at radius 1 is 1.17 bits per heavy atom. The molecule has 0 amide bonds. The second kappa shape index (κ2) is 5.75. The summed E-state index contributed by atoms with van der Waals surface area (Å²) in [6.07, 6.45) is 6.54. The zero-order valence-electron chi connectivity index (χ0n) is 10.8. The van der Waals surface area contributed by atoms with Crippen LogP contribution in [0.25, 0.3) is 0 Å². The molecule has 1 aromatic heterocycles. The van der Waals surface area contributed by atoms with Gasteiger partial charge in [-0.25, -0.2) is 4.68 Å². The maximum absolute atomic E-state index is 5.64. The van der Waals surface area contributed by atoms with Crippen molar-refractivity contribution in [3.63, 3.8) is 0 Å². The standard InChI is InChI=1S/C12H21N5O/c1-2-6-16(7-3-1)10-12-13-14-15-17(12)9-11-5-4-8-18-11/h11H,1-10H2/t11-/m0/s1. The third-order valence-corrected chi connectivity index (χ3v) is 3.82. The molecule has 3 heterocycles. The molecule has 2 aliphatic heterocycles. The Bertz CT molecular complexity index is 368. The first kappa shape index (κ1) is 12.0. The fourth-order valence-corrected chi connectivity index (χ4v) is 2.78. The zero-order valence-corrected chi connectivity index (χ0v) is 10.8. The Morgan fingerprint density at radius 3 is 2.83 bits per heavy atom. The van der Waals surface area contributed by atoms with Gasteiger partial charge in [0.1, 0.15) is 0 Å². The topological polar surface area (TPSA) is 56.1 Å². The van der Waals surface area contributed by atoms with Gasteiger partial charge in [0.2, 0.25) is 0 Å².